The maximum atomic E-state index is 11.6. The highest BCUT2D eigenvalue weighted by Crippen LogP contribution is 2.26. The molecule has 0 radical (unpaired) electrons. The number of halogens is 2. The second kappa shape index (κ2) is 12.1. The van der Waals surface area contributed by atoms with Gasteiger partial charge < -0.3 is 19.3 Å². The summed E-state index contributed by atoms with van der Waals surface area (Å²) < 4.78 is 14.9. The van der Waals surface area contributed by atoms with Crippen LogP contribution in [0, 0.1) is 5.92 Å². The lowest BCUT2D eigenvalue weighted by Crippen LogP contribution is -2.38. The monoisotopic (exact) mass is 398 g/mol. The van der Waals surface area contributed by atoms with Gasteiger partial charge >= 0.3 is 17.9 Å². The van der Waals surface area contributed by atoms with Crippen LogP contribution in [-0.4, -0.2) is 59.7 Å². The van der Waals surface area contributed by atoms with Crippen LogP contribution in [0.15, 0.2) is 12.7 Å². The first kappa shape index (κ1) is 23.7. The Morgan fingerprint density at radius 2 is 1.76 bits per heavy atom. The molecule has 0 aromatic carbocycles. The standard InChI is InChI=1S/C16H24Cl2O7/c1-4-11(6-16(3,22)7-13(19)23-5-2)12(25-15(21)9-18)10-24-14(20)8-17/h4,11-12,22H,1,5-10H2,2-3H3/t11-,12-,16+/m0/s1. The number of aliphatic hydroxyl groups is 1. The van der Waals surface area contributed by atoms with Gasteiger partial charge in [-0.15, -0.1) is 29.8 Å². The number of hydrogen-bond acceptors (Lipinski definition) is 7. The molecule has 7 nitrogen and oxygen atoms in total. The molecule has 0 aliphatic heterocycles. The zero-order valence-electron chi connectivity index (χ0n) is 14.3. The molecular formula is C16H24Cl2O7. The molecule has 0 unspecified atom stereocenters. The second-order valence-corrected chi connectivity index (χ2v) is 6.10. The van der Waals surface area contributed by atoms with Crippen molar-refractivity contribution in [1.82, 2.24) is 0 Å². The van der Waals surface area contributed by atoms with Gasteiger partial charge in [0.05, 0.1) is 18.6 Å². The molecule has 0 aliphatic rings. The van der Waals surface area contributed by atoms with Crippen LogP contribution in [0.1, 0.15) is 26.7 Å². The summed E-state index contributed by atoms with van der Waals surface area (Å²) in [5.41, 5.74) is -1.44. The van der Waals surface area contributed by atoms with Gasteiger partial charge in [-0.25, -0.2) is 0 Å². The molecule has 0 bridgehead atoms. The Hall–Kier alpha value is -1.31. The van der Waals surface area contributed by atoms with Gasteiger partial charge in [-0.3, -0.25) is 14.4 Å². The lowest BCUT2D eigenvalue weighted by molar-refractivity contribution is -0.160. The first-order chi connectivity index (χ1) is 11.7. The maximum absolute atomic E-state index is 11.6. The number of alkyl halides is 2. The van der Waals surface area contributed by atoms with Crippen molar-refractivity contribution >= 4 is 41.1 Å². The molecule has 0 saturated heterocycles. The van der Waals surface area contributed by atoms with E-state index < -0.39 is 35.5 Å². The lowest BCUT2D eigenvalue weighted by atomic mass is 9.86. The Balaban J connectivity index is 5.06. The molecule has 0 heterocycles. The van der Waals surface area contributed by atoms with Crippen LogP contribution in [0.25, 0.3) is 0 Å². The van der Waals surface area contributed by atoms with Crippen LogP contribution >= 0.6 is 23.2 Å². The molecule has 1 N–H and O–H groups in total. The van der Waals surface area contributed by atoms with E-state index in [4.69, 9.17) is 37.4 Å². The second-order valence-electron chi connectivity index (χ2n) is 5.56. The van der Waals surface area contributed by atoms with Crippen molar-refractivity contribution in [2.45, 2.75) is 38.4 Å². The van der Waals surface area contributed by atoms with Gasteiger partial charge in [-0.2, -0.15) is 0 Å². The lowest BCUT2D eigenvalue weighted by Gasteiger charge is -2.30. The smallest absolute Gasteiger partial charge is 0.321 e. The van der Waals surface area contributed by atoms with E-state index in [1.54, 1.807) is 6.92 Å². The molecule has 9 heteroatoms. The van der Waals surface area contributed by atoms with Gasteiger partial charge in [0.1, 0.15) is 24.5 Å². The Kier molecular flexibility index (Phi) is 11.5. The number of ether oxygens (including phenoxy) is 3. The van der Waals surface area contributed by atoms with Crippen molar-refractivity contribution in [3.63, 3.8) is 0 Å². The van der Waals surface area contributed by atoms with E-state index in [2.05, 4.69) is 6.58 Å². The van der Waals surface area contributed by atoms with Crippen molar-refractivity contribution < 1.29 is 33.7 Å². The molecule has 25 heavy (non-hydrogen) atoms. The van der Waals surface area contributed by atoms with E-state index in [0.29, 0.717) is 0 Å². The van der Waals surface area contributed by atoms with Gasteiger partial charge in [0.2, 0.25) is 0 Å². The highest BCUT2D eigenvalue weighted by atomic mass is 35.5. The Morgan fingerprint density at radius 3 is 2.24 bits per heavy atom. The normalized spacial score (nSPS) is 15.4. The maximum Gasteiger partial charge on any atom is 0.321 e. The summed E-state index contributed by atoms with van der Waals surface area (Å²) in [6.45, 7) is 6.67. The van der Waals surface area contributed by atoms with Gasteiger partial charge in [-0.05, 0) is 20.3 Å². The molecule has 0 aliphatic carbocycles. The molecule has 0 amide bonds. The molecular weight excluding hydrogens is 375 g/mol. The average Bonchev–Trinajstić information content (AvgIpc) is 2.55. The van der Waals surface area contributed by atoms with E-state index in [1.807, 2.05) is 0 Å². The number of esters is 3. The fourth-order valence-corrected chi connectivity index (χ4v) is 2.27. The first-order valence-electron chi connectivity index (χ1n) is 7.66. The summed E-state index contributed by atoms with van der Waals surface area (Å²) in [7, 11) is 0. The number of rotatable bonds is 12. The van der Waals surface area contributed by atoms with Crippen molar-refractivity contribution in [3.05, 3.63) is 12.7 Å². The predicted octanol–water partition coefficient (Wildman–Crippen LogP) is 1.82. The molecule has 3 atom stereocenters. The third-order valence-electron chi connectivity index (χ3n) is 3.20. The molecule has 144 valence electrons. The van der Waals surface area contributed by atoms with Crippen LogP contribution < -0.4 is 0 Å². The number of carbonyl (C=O) groups is 3. The predicted molar refractivity (Wildman–Crippen MR) is 92.5 cm³/mol. The summed E-state index contributed by atoms with van der Waals surface area (Å²) >= 11 is 10.8. The van der Waals surface area contributed by atoms with Gasteiger partial charge in [0.15, 0.2) is 0 Å². The third kappa shape index (κ3) is 10.3. The van der Waals surface area contributed by atoms with E-state index in [-0.39, 0.29) is 37.8 Å². The van der Waals surface area contributed by atoms with Crippen molar-refractivity contribution in [3.8, 4) is 0 Å². The summed E-state index contributed by atoms with van der Waals surface area (Å²) in [6, 6.07) is 0. The summed E-state index contributed by atoms with van der Waals surface area (Å²) in [5.74, 6) is -3.29. The Labute approximate surface area is 157 Å². The first-order valence-corrected chi connectivity index (χ1v) is 8.73. The summed E-state index contributed by atoms with van der Waals surface area (Å²) in [6.07, 6.45) is 0.293. The zero-order chi connectivity index (χ0) is 19.5. The van der Waals surface area contributed by atoms with Gasteiger partial charge in [0.25, 0.3) is 0 Å². The van der Waals surface area contributed by atoms with Crippen LogP contribution in [0.3, 0.4) is 0 Å². The van der Waals surface area contributed by atoms with Crippen LogP contribution in [0.4, 0.5) is 0 Å². The molecule has 0 spiro atoms. The minimum absolute atomic E-state index is 0.0218. The highest BCUT2D eigenvalue weighted by molar-refractivity contribution is 6.26. The van der Waals surface area contributed by atoms with Crippen LogP contribution in [-0.2, 0) is 28.6 Å². The molecule has 0 rings (SSSR count). The minimum atomic E-state index is -1.44. The average molecular weight is 399 g/mol. The zero-order valence-corrected chi connectivity index (χ0v) is 15.8. The van der Waals surface area contributed by atoms with E-state index in [9.17, 15) is 19.5 Å². The van der Waals surface area contributed by atoms with Crippen LogP contribution in [0.2, 0.25) is 0 Å². The van der Waals surface area contributed by atoms with Gasteiger partial charge in [-0.1, -0.05) is 6.08 Å². The summed E-state index contributed by atoms with van der Waals surface area (Å²) in [5, 5.41) is 10.4. The van der Waals surface area contributed by atoms with Crippen molar-refractivity contribution in [2.24, 2.45) is 5.92 Å². The largest absolute Gasteiger partial charge is 0.466 e. The number of carbonyl (C=O) groups excluding carboxylic acids is 3. The molecule has 0 aromatic rings. The topological polar surface area (TPSA) is 99.1 Å². The molecule has 0 saturated carbocycles. The third-order valence-corrected chi connectivity index (χ3v) is 3.63. The van der Waals surface area contributed by atoms with E-state index in [1.165, 1.54) is 13.0 Å². The highest BCUT2D eigenvalue weighted by Gasteiger charge is 2.33. The molecule has 0 aromatic heterocycles. The van der Waals surface area contributed by atoms with E-state index in [0.717, 1.165) is 0 Å². The summed E-state index contributed by atoms with van der Waals surface area (Å²) in [4.78, 5) is 34.3. The van der Waals surface area contributed by atoms with E-state index >= 15 is 0 Å². The minimum Gasteiger partial charge on any atom is -0.466 e. The van der Waals surface area contributed by atoms with Crippen molar-refractivity contribution in [2.75, 3.05) is 25.0 Å². The SMILES string of the molecule is C=C[C@@H](C[C@@](C)(O)CC(=O)OCC)[C@H](COC(=O)CCl)OC(=O)CCl. The fraction of sp³-hybridized carbons (Fsp3) is 0.688. The van der Waals surface area contributed by atoms with Crippen LogP contribution in [0.5, 0.6) is 0 Å². The Bertz CT molecular complexity index is 465. The Morgan fingerprint density at radius 1 is 1.16 bits per heavy atom. The fourth-order valence-electron chi connectivity index (χ4n) is 2.13. The number of hydrogen-bond donors (Lipinski definition) is 1. The quantitative estimate of drug-likeness (QED) is 0.231. The molecule has 0 fully saturated rings. The van der Waals surface area contributed by atoms with Crippen molar-refractivity contribution in [1.29, 1.82) is 0 Å². The van der Waals surface area contributed by atoms with Gasteiger partial charge in [0, 0.05) is 5.92 Å².